The number of fused-ring (bicyclic) bond motifs is 1. The molecule has 0 spiro atoms. The summed E-state index contributed by atoms with van der Waals surface area (Å²) in [7, 11) is 0. The van der Waals surface area contributed by atoms with Crippen LogP contribution in [0.3, 0.4) is 0 Å². The first-order valence-corrected chi connectivity index (χ1v) is 10.9. The highest BCUT2D eigenvalue weighted by atomic mass is 16.7. The van der Waals surface area contributed by atoms with Crippen molar-refractivity contribution in [1.82, 2.24) is 20.5 Å². The second-order valence-electron chi connectivity index (χ2n) is 7.78. The predicted molar refractivity (Wildman–Crippen MR) is 121 cm³/mol. The molecule has 172 valence electrons. The summed E-state index contributed by atoms with van der Waals surface area (Å²) >= 11 is 0. The summed E-state index contributed by atoms with van der Waals surface area (Å²) in [4.78, 5) is 27.5. The Morgan fingerprint density at radius 3 is 2.85 bits per heavy atom. The largest absolute Gasteiger partial charge is 0.491 e. The molecule has 1 atom stereocenters. The molecule has 0 aliphatic carbocycles. The SMILES string of the molecule is CCC(C)Oc1cccc(-c2nnc(CCC(=O)NCc3ccc4c(c3)OCO4)c(=O)[nH]2)c1. The van der Waals surface area contributed by atoms with E-state index in [1.54, 1.807) is 0 Å². The van der Waals surface area contributed by atoms with Gasteiger partial charge in [0.2, 0.25) is 12.7 Å². The zero-order valence-corrected chi connectivity index (χ0v) is 18.6. The lowest BCUT2D eigenvalue weighted by Gasteiger charge is -2.13. The highest BCUT2D eigenvalue weighted by Crippen LogP contribution is 2.32. The third-order valence-electron chi connectivity index (χ3n) is 5.30. The quantitative estimate of drug-likeness (QED) is 0.515. The molecule has 1 unspecified atom stereocenters. The number of aromatic nitrogens is 3. The monoisotopic (exact) mass is 450 g/mol. The molecule has 2 heterocycles. The van der Waals surface area contributed by atoms with Crippen LogP contribution < -0.4 is 25.1 Å². The molecule has 1 aliphatic heterocycles. The van der Waals surface area contributed by atoms with Crippen molar-refractivity contribution in [3.8, 4) is 28.6 Å². The van der Waals surface area contributed by atoms with Crippen molar-refractivity contribution in [2.24, 2.45) is 0 Å². The fourth-order valence-electron chi connectivity index (χ4n) is 3.26. The first kappa shape index (κ1) is 22.3. The summed E-state index contributed by atoms with van der Waals surface area (Å²) in [6.07, 6.45) is 1.29. The molecule has 2 N–H and O–H groups in total. The number of nitrogens with one attached hydrogen (secondary N) is 2. The van der Waals surface area contributed by atoms with Gasteiger partial charge in [0.05, 0.1) is 6.10 Å². The van der Waals surface area contributed by atoms with Crippen LogP contribution in [0.4, 0.5) is 0 Å². The summed E-state index contributed by atoms with van der Waals surface area (Å²) in [6, 6.07) is 12.9. The lowest BCUT2D eigenvalue weighted by molar-refractivity contribution is -0.121. The van der Waals surface area contributed by atoms with Crippen molar-refractivity contribution in [3.63, 3.8) is 0 Å². The molecule has 2 aromatic carbocycles. The number of benzene rings is 2. The Balaban J connectivity index is 1.32. The van der Waals surface area contributed by atoms with Crippen LogP contribution in [0.2, 0.25) is 0 Å². The van der Waals surface area contributed by atoms with Gasteiger partial charge in [0.1, 0.15) is 11.4 Å². The molecular formula is C24H26N4O5. The fraction of sp³-hybridized carbons (Fsp3) is 0.333. The van der Waals surface area contributed by atoms with Crippen LogP contribution in [-0.4, -0.2) is 34.0 Å². The van der Waals surface area contributed by atoms with Crippen LogP contribution in [0.1, 0.15) is 37.9 Å². The number of hydrogen-bond acceptors (Lipinski definition) is 7. The van der Waals surface area contributed by atoms with Crippen molar-refractivity contribution in [2.45, 2.75) is 45.8 Å². The number of nitrogens with zero attached hydrogens (tertiary/aromatic N) is 2. The third kappa shape index (κ3) is 5.68. The highest BCUT2D eigenvalue weighted by Gasteiger charge is 2.14. The van der Waals surface area contributed by atoms with Gasteiger partial charge in [-0.2, -0.15) is 0 Å². The van der Waals surface area contributed by atoms with Gasteiger partial charge in [-0.25, -0.2) is 0 Å². The average molecular weight is 450 g/mol. The smallest absolute Gasteiger partial charge is 0.273 e. The Labute approximate surface area is 191 Å². The number of carbonyl (C=O) groups excluding carboxylic acids is 1. The molecule has 9 heteroatoms. The molecule has 0 bridgehead atoms. The summed E-state index contributed by atoms with van der Waals surface area (Å²) < 4.78 is 16.4. The van der Waals surface area contributed by atoms with Gasteiger partial charge in [0.15, 0.2) is 17.3 Å². The van der Waals surface area contributed by atoms with Gasteiger partial charge in [0, 0.05) is 24.9 Å². The molecule has 9 nitrogen and oxygen atoms in total. The number of carbonyl (C=O) groups is 1. The molecule has 1 amide bonds. The van der Waals surface area contributed by atoms with Gasteiger partial charge < -0.3 is 24.5 Å². The number of aryl methyl sites for hydroxylation is 1. The zero-order chi connectivity index (χ0) is 23.2. The van der Waals surface area contributed by atoms with E-state index in [0.717, 1.165) is 12.0 Å². The molecule has 1 aliphatic rings. The van der Waals surface area contributed by atoms with Crippen molar-refractivity contribution in [1.29, 1.82) is 0 Å². The van der Waals surface area contributed by atoms with E-state index in [-0.39, 0.29) is 42.9 Å². The Hall–Kier alpha value is -3.88. The topological polar surface area (TPSA) is 115 Å². The number of H-pyrrole nitrogens is 1. The van der Waals surface area contributed by atoms with Crippen LogP contribution in [0, 0.1) is 0 Å². The minimum atomic E-state index is -0.364. The highest BCUT2D eigenvalue weighted by molar-refractivity contribution is 5.76. The molecule has 33 heavy (non-hydrogen) atoms. The lowest BCUT2D eigenvalue weighted by Crippen LogP contribution is -2.25. The normalized spacial score (nSPS) is 12.9. The Kier molecular flexibility index (Phi) is 6.87. The van der Waals surface area contributed by atoms with E-state index in [9.17, 15) is 9.59 Å². The Bertz CT molecular complexity index is 1190. The third-order valence-corrected chi connectivity index (χ3v) is 5.30. The van der Waals surface area contributed by atoms with Crippen LogP contribution in [0.25, 0.3) is 11.4 Å². The van der Waals surface area contributed by atoms with Crippen molar-refractivity contribution in [3.05, 3.63) is 64.1 Å². The van der Waals surface area contributed by atoms with Gasteiger partial charge in [0.25, 0.3) is 5.56 Å². The van der Waals surface area contributed by atoms with Crippen LogP contribution in [0.5, 0.6) is 17.2 Å². The molecule has 4 rings (SSSR count). The second kappa shape index (κ2) is 10.2. The standard InChI is InChI=1S/C24H26N4O5/c1-3-15(2)33-18-6-4-5-17(12-18)23-26-24(30)19(27-28-23)8-10-22(29)25-13-16-7-9-20-21(11-16)32-14-31-20/h4-7,9,11-12,15H,3,8,10,13-14H2,1-2H3,(H,25,29)(H,26,28,30). The van der Waals surface area contributed by atoms with Crippen molar-refractivity contribution < 1.29 is 19.0 Å². The summed E-state index contributed by atoms with van der Waals surface area (Å²) in [6.45, 7) is 4.60. The van der Waals surface area contributed by atoms with E-state index in [2.05, 4.69) is 20.5 Å². The van der Waals surface area contributed by atoms with Gasteiger partial charge in [-0.15, -0.1) is 10.2 Å². The summed E-state index contributed by atoms with van der Waals surface area (Å²) in [5.41, 5.74) is 1.45. The summed E-state index contributed by atoms with van der Waals surface area (Å²) in [5.74, 6) is 2.23. The second-order valence-corrected chi connectivity index (χ2v) is 7.78. The van der Waals surface area contributed by atoms with Crippen LogP contribution in [0.15, 0.2) is 47.3 Å². The molecular weight excluding hydrogens is 424 g/mol. The molecule has 0 saturated carbocycles. The van der Waals surface area contributed by atoms with E-state index in [4.69, 9.17) is 14.2 Å². The number of amides is 1. The van der Waals surface area contributed by atoms with Gasteiger partial charge in [-0.3, -0.25) is 9.59 Å². The molecule has 1 aromatic heterocycles. The lowest BCUT2D eigenvalue weighted by atomic mass is 10.2. The van der Waals surface area contributed by atoms with E-state index in [1.165, 1.54) is 0 Å². The first-order chi connectivity index (χ1) is 16.0. The Morgan fingerprint density at radius 2 is 2.03 bits per heavy atom. The van der Waals surface area contributed by atoms with E-state index in [1.807, 2.05) is 56.3 Å². The maximum Gasteiger partial charge on any atom is 0.273 e. The maximum atomic E-state index is 12.5. The maximum absolute atomic E-state index is 12.5. The van der Waals surface area contributed by atoms with Crippen molar-refractivity contribution in [2.75, 3.05) is 6.79 Å². The number of rotatable bonds is 9. The average Bonchev–Trinajstić information content (AvgIpc) is 3.30. The minimum absolute atomic E-state index is 0.0870. The first-order valence-electron chi connectivity index (χ1n) is 10.9. The van der Waals surface area contributed by atoms with E-state index < -0.39 is 0 Å². The molecule has 0 saturated heterocycles. The fourth-order valence-corrected chi connectivity index (χ4v) is 3.26. The molecule has 0 fully saturated rings. The summed E-state index contributed by atoms with van der Waals surface area (Å²) in [5, 5.41) is 11.0. The van der Waals surface area contributed by atoms with E-state index in [0.29, 0.717) is 35.2 Å². The van der Waals surface area contributed by atoms with Crippen LogP contribution >= 0.6 is 0 Å². The van der Waals surface area contributed by atoms with Crippen molar-refractivity contribution >= 4 is 5.91 Å². The Morgan fingerprint density at radius 1 is 1.18 bits per heavy atom. The number of hydrogen-bond donors (Lipinski definition) is 2. The zero-order valence-electron chi connectivity index (χ0n) is 18.6. The van der Waals surface area contributed by atoms with Gasteiger partial charge in [-0.05, 0) is 43.2 Å². The van der Waals surface area contributed by atoms with Crippen LogP contribution in [-0.2, 0) is 17.8 Å². The number of ether oxygens (including phenoxy) is 3. The molecule has 0 radical (unpaired) electrons. The minimum Gasteiger partial charge on any atom is -0.491 e. The molecule has 3 aromatic rings. The van der Waals surface area contributed by atoms with Gasteiger partial charge >= 0.3 is 0 Å². The number of aromatic amines is 1. The predicted octanol–water partition coefficient (Wildman–Crippen LogP) is 2.99. The van der Waals surface area contributed by atoms with Gasteiger partial charge in [-0.1, -0.05) is 25.1 Å². The van der Waals surface area contributed by atoms with E-state index >= 15 is 0 Å².